The monoisotopic (exact) mass is 426 g/mol. The third-order valence-electron chi connectivity index (χ3n) is 4.07. The molecule has 0 atom stereocenters. The van der Waals surface area contributed by atoms with Crippen LogP contribution in [-0.2, 0) is 0 Å². The highest BCUT2D eigenvalue weighted by atomic mass is 32.1. The number of anilines is 1. The van der Waals surface area contributed by atoms with Crippen LogP contribution < -0.4 is 14.8 Å². The Labute approximate surface area is 175 Å². The second kappa shape index (κ2) is 9.02. The Balaban J connectivity index is 1.87. The van der Waals surface area contributed by atoms with E-state index in [4.69, 9.17) is 9.47 Å². The lowest BCUT2D eigenvalue weighted by Crippen LogP contribution is -1.96. The van der Waals surface area contributed by atoms with Crippen LogP contribution in [0.4, 0.5) is 15.8 Å². The quantitative estimate of drug-likeness (QED) is 0.327. The Morgan fingerprint density at radius 2 is 2.03 bits per heavy atom. The zero-order valence-corrected chi connectivity index (χ0v) is 16.7. The van der Waals surface area contributed by atoms with Crippen LogP contribution in [0.25, 0.3) is 16.8 Å². The van der Waals surface area contributed by atoms with Gasteiger partial charge in [-0.05, 0) is 24.3 Å². The molecule has 8 nitrogen and oxygen atoms in total. The van der Waals surface area contributed by atoms with Gasteiger partial charge in [-0.2, -0.15) is 5.26 Å². The third kappa shape index (κ3) is 4.37. The van der Waals surface area contributed by atoms with E-state index in [-0.39, 0.29) is 16.9 Å². The summed E-state index contributed by atoms with van der Waals surface area (Å²) < 4.78 is 24.4. The van der Waals surface area contributed by atoms with Crippen LogP contribution in [0, 0.1) is 27.3 Å². The highest BCUT2D eigenvalue weighted by Crippen LogP contribution is 2.33. The molecule has 3 aromatic rings. The van der Waals surface area contributed by atoms with Crippen LogP contribution in [0.15, 0.2) is 48.0 Å². The van der Waals surface area contributed by atoms with Gasteiger partial charge in [0.15, 0.2) is 11.5 Å². The summed E-state index contributed by atoms with van der Waals surface area (Å²) in [6.07, 6.45) is 1.26. The molecular weight excluding hydrogens is 411 g/mol. The molecule has 0 bridgehead atoms. The number of non-ortho nitro benzene ring substituents is 1. The van der Waals surface area contributed by atoms with Gasteiger partial charge in [0.2, 0.25) is 0 Å². The van der Waals surface area contributed by atoms with Crippen molar-refractivity contribution >= 4 is 28.3 Å². The van der Waals surface area contributed by atoms with Gasteiger partial charge >= 0.3 is 0 Å². The normalized spacial score (nSPS) is 10.9. The van der Waals surface area contributed by atoms with E-state index in [2.05, 4.69) is 10.3 Å². The van der Waals surface area contributed by atoms with Crippen LogP contribution in [0.5, 0.6) is 11.5 Å². The van der Waals surface area contributed by atoms with Gasteiger partial charge in [-0.3, -0.25) is 10.1 Å². The van der Waals surface area contributed by atoms with Crippen LogP contribution >= 0.6 is 11.3 Å². The molecule has 2 aromatic carbocycles. The molecule has 10 heteroatoms. The van der Waals surface area contributed by atoms with Gasteiger partial charge in [0, 0.05) is 29.3 Å². The molecule has 0 unspecified atom stereocenters. The molecule has 0 amide bonds. The molecule has 1 aromatic heterocycles. The highest BCUT2D eigenvalue weighted by Gasteiger charge is 2.13. The van der Waals surface area contributed by atoms with Crippen molar-refractivity contribution in [1.29, 1.82) is 5.26 Å². The minimum Gasteiger partial charge on any atom is -0.493 e. The van der Waals surface area contributed by atoms with E-state index in [1.807, 2.05) is 12.1 Å². The number of nitro benzene ring substituents is 1. The maximum Gasteiger partial charge on any atom is 0.271 e. The number of benzene rings is 2. The molecule has 30 heavy (non-hydrogen) atoms. The Kier molecular flexibility index (Phi) is 6.24. The maximum atomic E-state index is 13.9. The van der Waals surface area contributed by atoms with E-state index < -0.39 is 10.7 Å². The largest absolute Gasteiger partial charge is 0.493 e. The van der Waals surface area contributed by atoms with E-state index in [1.54, 1.807) is 24.6 Å². The third-order valence-corrected chi connectivity index (χ3v) is 4.94. The van der Waals surface area contributed by atoms with Crippen molar-refractivity contribution in [1.82, 2.24) is 4.98 Å². The number of rotatable bonds is 7. The van der Waals surface area contributed by atoms with Gasteiger partial charge in [-0.25, -0.2) is 9.37 Å². The lowest BCUT2D eigenvalue weighted by molar-refractivity contribution is -0.384. The number of nitrogens with one attached hydrogen (secondary N) is 1. The number of aromatic nitrogens is 1. The van der Waals surface area contributed by atoms with Crippen LogP contribution in [-0.4, -0.2) is 24.1 Å². The molecule has 1 heterocycles. The predicted molar refractivity (Wildman–Crippen MR) is 111 cm³/mol. The summed E-state index contributed by atoms with van der Waals surface area (Å²) in [6, 6.07) is 10.4. The van der Waals surface area contributed by atoms with E-state index in [0.717, 1.165) is 23.8 Å². The van der Waals surface area contributed by atoms with Gasteiger partial charge in [0.1, 0.15) is 22.5 Å². The average Bonchev–Trinajstić information content (AvgIpc) is 3.24. The SMILES string of the molecule is COc1ccc(-c2csc(C(C#N)=CNc3cc([N+](=O)[O-])ccc3F)n2)cc1OC. The minimum absolute atomic E-state index is 0.117. The number of thiazole rings is 1. The van der Waals surface area contributed by atoms with Crippen molar-refractivity contribution in [3.63, 3.8) is 0 Å². The lowest BCUT2D eigenvalue weighted by Gasteiger charge is -2.08. The fraction of sp³-hybridized carbons (Fsp3) is 0.100. The number of hydrogen-bond donors (Lipinski definition) is 1. The molecule has 0 fully saturated rings. The van der Waals surface area contributed by atoms with Gasteiger partial charge in [0.25, 0.3) is 5.69 Å². The van der Waals surface area contributed by atoms with Gasteiger partial charge in [0.05, 0.1) is 30.5 Å². The van der Waals surface area contributed by atoms with Gasteiger partial charge in [-0.1, -0.05) is 0 Å². The molecule has 152 valence electrons. The number of allylic oxidation sites excluding steroid dienone is 1. The van der Waals surface area contributed by atoms with Crippen LogP contribution in [0.2, 0.25) is 0 Å². The summed E-state index contributed by atoms with van der Waals surface area (Å²) in [5.41, 5.74) is 1.16. The zero-order valence-electron chi connectivity index (χ0n) is 15.9. The number of halogens is 1. The zero-order chi connectivity index (χ0) is 21.7. The molecule has 0 spiro atoms. The Bertz CT molecular complexity index is 1170. The summed E-state index contributed by atoms with van der Waals surface area (Å²) in [4.78, 5) is 14.7. The molecule has 3 rings (SSSR count). The summed E-state index contributed by atoms with van der Waals surface area (Å²) in [6.45, 7) is 0. The first-order valence-electron chi connectivity index (χ1n) is 8.46. The molecular formula is C20H15FN4O4S. The summed E-state index contributed by atoms with van der Waals surface area (Å²) in [5, 5.41) is 25.1. The van der Waals surface area contributed by atoms with E-state index >= 15 is 0 Å². The highest BCUT2D eigenvalue weighted by molar-refractivity contribution is 7.11. The number of ether oxygens (including phenoxy) is 2. The molecule has 0 aliphatic carbocycles. The molecule has 0 aliphatic rings. The molecule has 0 saturated carbocycles. The average molecular weight is 426 g/mol. The van der Waals surface area contributed by atoms with E-state index in [1.165, 1.54) is 24.6 Å². The van der Waals surface area contributed by atoms with Crippen LogP contribution in [0.1, 0.15) is 5.01 Å². The van der Waals surface area contributed by atoms with Crippen molar-refractivity contribution < 1.29 is 18.8 Å². The second-order valence-electron chi connectivity index (χ2n) is 5.84. The molecule has 1 N–H and O–H groups in total. The predicted octanol–water partition coefficient (Wildman–Crippen LogP) is 4.85. The standard InChI is InChI=1S/C20H15FN4O4S/c1-28-18-6-3-12(7-19(18)29-2)17-11-30-20(24-17)13(9-22)10-23-16-8-14(25(26)27)4-5-15(16)21/h3-8,10-11,23H,1-2H3. The maximum absolute atomic E-state index is 13.9. The summed E-state index contributed by atoms with van der Waals surface area (Å²) >= 11 is 1.23. The first-order chi connectivity index (χ1) is 14.5. The summed E-state index contributed by atoms with van der Waals surface area (Å²) in [7, 11) is 3.07. The molecule has 0 radical (unpaired) electrons. The Morgan fingerprint density at radius 1 is 1.27 bits per heavy atom. The van der Waals surface area contributed by atoms with Crippen molar-refractivity contribution in [2.45, 2.75) is 0 Å². The summed E-state index contributed by atoms with van der Waals surface area (Å²) in [5.74, 6) is 0.445. The molecule has 0 saturated heterocycles. The first-order valence-corrected chi connectivity index (χ1v) is 9.33. The van der Waals surface area contributed by atoms with E-state index in [0.29, 0.717) is 22.2 Å². The molecule has 0 aliphatic heterocycles. The van der Waals surface area contributed by atoms with Crippen molar-refractivity contribution in [3.8, 4) is 28.8 Å². The fourth-order valence-corrected chi connectivity index (χ4v) is 3.35. The lowest BCUT2D eigenvalue weighted by atomic mass is 10.1. The number of nitriles is 1. The smallest absolute Gasteiger partial charge is 0.271 e. The fourth-order valence-electron chi connectivity index (χ4n) is 2.55. The first kappa shape index (κ1) is 20.8. The second-order valence-corrected chi connectivity index (χ2v) is 6.70. The Morgan fingerprint density at radius 3 is 2.70 bits per heavy atom. The number of nitro groups is 1. The Hall–Kier alpha value is -3.97. The topological polar surface area (TPSA) is 110 Å². The van der Waals surface area contributed by atoms with Crippen molar-refractivity contribution in [2.24, 2.45) is 0 Å². The van der Waals surface area contributed by atoms with Gasteiger partial charge < -0.3 is 14.8 Å². The number of methoxy groups -OCH3 is 2. The van der Waals surface area contributed by atoms with Crippen LogP contribution in [0.3, 0.4) is 0 Å². The minimum atomic E-state index is -0.681. The number of hydrogen-bond acceptors (Lipinski definition) is 8. The van der Waals surface area contributed by atoms with E-state index in [9.17, 15) is 19.8 Å². The number of nitrogens with zero attached hydrogens (tertiary/aromatic N) is 3. The van der Waals surface area contributed by atoms with Crippen molar-refractivity contribution in [3.05, 3.63) is 68.9 Å². The van der Waals surface area contributed by atoms with Crippen molar-refractivity contribution in [2.75, 3.05) is 19.5 Å². The van der Waals surface area contributed by atoms with Gasteiger partial charge in [-0.15, -0.1) is 11.3 Å².